The minimum Gasteiger partial charge on any atom is -0.508 e. The van der Waals surface area contributed by atoms with Gasteiger partial charge in [0.25, 0.3) is 0 Å². The molecule has 0 saturated carbocycles. The van der Waals surface area contributed by atoms with E-state index in [1.54, 1.807) is 26.2 Å². The van der Waals surface area contributed by atoms with Gasteiger partial charge in [-0.1, -0.05) is 12.1 Å². The van der Waals surface area contributed by atoms with E-state index in [0.717, 1.165) is 23.8 Å². The van der Waals surface area contributed by atoms with Crippen molar-refractivity contribution in [3.8, 4) is 5.75 Å². The highest BCUT2D eigenvalue weighted by Gasteiger charge is 2.34. The Morgan fingerprint density at radius 1 is 1.20 bits per heavy atom. The van der Waals surface area contributed by atoms with Crippen LogP contribution in [0.4, 0.5) is 13.6 Å². The van der Waals surface area contributed by atoms with E-state index >= 15 is 0 Å². The van der Waals surface area contributed by atoms with E-state index in [0.29, 0.717) is 5.71 Å². The third-order valence-corrected chi connectivity index (χ3v) is 4.01. The highest BCUT2D eigenvalue weighted by Crippen LogP contribution is 2.34. The molecular formula is C18H17F2N3O2. The van der Waals surface area contributed by atoms with Crippen LogP contribution in [0.3, 0.4) is 0 Å². The number of phenolic OH excluding ortho intramolecular Hbond substituents is 1. The van der Waals surface area contributed by atoms with Crippen LogP contribution in [0.25, 0.3) is 0 Å². The highest BCUT2D eigenvalue weighted by molar-refractivity contribution is 6.03. The maximum atomic E-state index is 14.1. The first-order valence-electron chi connectivity index (χ1n) is 7.69. The molecule has 0 radical (unpaired) electrons. The minimum atomic E-state index is -0.594. The number of rotatable bonds is 2. The van der Waals surface area contributed by atoms with Gasteiger partial charge in [0.05, 0.1) is 11.8 Å². The highest BCUT2D eigenvalue weighted by atomic mass is 19.1. The Morgan fingerprint density at radius 3 is 2.52 bits per heavy atom. The van der Waals surface area contributed by atoms with E-state index < -0.39 is 17.7 Å². The first-order valence-corrected chi connectivity index (χ1v) is 7.69. The fourth-order valence-electron chi connectivity index (χ4n) is 2.73. The molecule has 1 heterocycles. The Balaban J connectivity index is 2.01. The normalized spacial score (nSPS) is 16.7. The zero-order valence-electron chi connectivity index (χ0n) is 13.8. The lowest BCUT2D eigenvalue weighted by Crippen LogP contribution is -2.36. The lowest BCUT2D eigenvalue weighted by atomic mass is 9.98. The number of hydrogen-bond acceptors (Lipinski definition) is 3. The molecule has 1 aliphatic heterocycles. The summed E-state index contributed by atoms with van der Waals surface area (Å²) in [4.78, 5) is 13.8. The van der Waals surface area contributed by atoms with Gasteiger partial charge in [0.15, 0.2) is 0 Å². The van der Waals surface area contributed by atoms with Gasteiger partial charge < -0.3 is 10.0 Å². The van der Waals surface area contributed by atoms with Crippen molar-refractivity contribution in [1.29, 1.82) is 0 Å². The molecule has 0 fully saturated rings. The van der Waals surface area contributed by atoms with Gasteiger partial charge in [-0.25, -0.2) is 18.6 Å². The largest absolute Gasteiger partial charge is 0.508 e. The van der Waals surface area contributed by atoms with E-state index in [9.17, 15) is 18.7 Å². The van der Waals surface area contributed by atoms with Gasteiger partial charge in [-0.3, -0.25) is 0 Å². The summed E-state index contributed by atoms with van der Waals surface area (Å²) >= 11 is 0. The van der Waals surface area contributed by atoms with Crippen molar-refractivity contribution < 1.29 is 18.7 Å². The zero-order chi connectivity index (χ0) is 18.1. The predicted octanol–water partition coefficient (Wildman–Crippen LogP) is 3.50. The minimum absolute atomic E-state index is 0.0397. The number of halogens is 2. The Morgan fingerprint density at radius 2 is 1.88 bits per heavy atom. The number of carbonyl (C=O) groups excluding carboxylic acids is 1. The van der Waals surface area contributed by atoms with Gasteiger partial charge in [0.2, 0.25) is 0 Å². The molecule has 0 saturated heterocycles. The first kappa shape index (κ1) is 16.9. The number of hydrazone groups is 1. The molecular weight excluding hydrogens is 328 g/mol. The van der Waals surface area contributed by atoms with Crippen molar-refractivity contribution in [2.75, 3.05) is 14.1 Å². The summed E-state index contributed by atoms with van der Waals surface area (Å²) in [5, 5.41) is 15.0. The van der Waals surface area contributed by atoms with Crippen molar-refractivity contribution in [2.24, 2.45) is 5.10 Å². The lowest BCUT2D eigenvalue weighted by Gasteiger charge is -2.25. The molecule has 0 aromatic heterocycles. The Labute approximate surface area is 143 Å². The van der Waals surface area contributed by atoms with Gasteiger partial charge in [0.1, 0.15) is 17.4 Å². The molecule has 2 amide bonds. The van der Waals surface area contributed by atoms with Gasteiger partial charge >= 0.3 is 6.03 Å². The summed E-state index contributed by atoms with van der Waals surface area (Å²) in [6.07, 6.45) is 0.241. The van der Waals surface area contributed by atoms with Crippen LogP contribution in [0.5, 0.6) is 5.75 Å². The number of benzene rings is 2. The fourth-order valence-corrected chi connectivity index (χ4v) is 2.73. The standard InChI is InChI=1S/C18H17F2N3O2/c1-22(2)18(25)23-17(11-3-6-13(24)7-4-11)10-16(21-23)14-9-12(19)5-8-15(14)20/h3-9,17,24H,10H2,1-2H3. The molecule has 1 atom stereocenters. The number of hydrogen-bond donors (Lipinski definition) is 1. The third-order valence-electron chi connectivity index (χ3n) is 4.01. The van der Waals surface area contributed by atoms with Crippen LogP contribution in [-0.4, -0.2) is 40.9 Å². The van der Waals surface area contributed by atoms with Gasteiger partial charge in [-0.15, -0.1) is 0 Å². The molecule has 0 spiro atoms. The molecule has 25 heavy (non-hydrogen) atoms. The molecule has 1 aliphatic rings. The van der Waals surface area contributed by atoms with Crippen molar-refractivity contribution in [3.63, 3.8) is 0 Å². The van der Waals surface area contributed by atoms with Crippen LogP contribution in [0, 0.1) is 11.6 Å². The molecule has 7 heteroatoms. The predicted molar refractivity (Wildman–Crippen MR) is 89.3 cm³/mol. The number of amides is 2. The van der Waals surface area contributed by atoms with Crippen LogP contribution in [0.15, 0.2) is 47.6 Å². The van der Waals surface area contributed by atoms with Gasteiger partial charge in [0, 0.05) is 26.1 Å². The van der Waals surface area contributed by atoms with Gasteiger partial charge in [-0.2, -0.15) is 5.10 Å². The van der Waals surface area contributed by atoms with Crippen LogP contribution in [-0.2, 0) is 0 Å². The Kier molecular flexibility index (Phi) is 4.39. The summed E-state index contributed by atoms with van der Waals surface area (Å²) in [6.45, 7) is 0. The number of nitrogens with zero attached hydrogens (tertiary/aromatic N) is 3. The molecule has 2 aromatic rings. The van der Waals surface area contributed by atoms with Crippen LogP contribution < -0.4 is 0 Å². The smallest absolute Gasteiger partial charge is 0.340 e. The first-order chi connectivity index (χ1) is 11.9. The molecule has 130 valence electrons. The Bertz CT molecular complexity index is 835. The Hall–Kier alpha value is -2.96. The quantitative estimate of drug-likeness (QED) is 0.906. The molecule has 0 aliphatic carbocycles. The number of urea groups is 1. The van der Waals surface area contributed by atoms with E-state index in [1.165, 1.54) is 22.0 Å². The van der Waals surface area contributed by atoms with E-state index in [2.05, 4.69) is 5.10 Å². The molecule has 1 N–H and O–H groups in total. The van der Waals surface area contributed by atoms with Gasteiger partial charge in [-0.05, 0) is 35.9 Å². The summed E-state index contributed by atoms with van der Waals surface area (Å²) < 4.78 is 27.6. The topological polar surface area (TPSA) is 56.1 Å². The molecule has 5 nitrogen and oxygen atoms in total. The maximum Gasteiger partial charge on any atom is 0.340 e. The monoisotopic (exact) mass is 345 g/mol. The maximum absolute atomic E-state index is 14.1. The van der Waals surface area contributed by atoms with E-state index in [1.807, 2.05) is 0 Å². The average molecular weight is 345 g/mol. The second-order valence-electron chi connectivity index (χ2n) is 6.00. The van der Waals surface area contributed by atoms with Crippen molar-refractivity contribution in [2.45, 2.75) is 12.5 Å². The third kappa shape index (κ3) is 3.31. The zero-order valence-corrected chi connectivity index (χ0v) is 13.8. The summed E-state index contributed by atoms with van der Waals surface area (Å²) in [5.41, 5.74) is 1.08. The second-order valence-corrected chi connectivity index (χ2v) is 6.00. The molecule has 2 aromatic carbocycles. The molecule has 0 bridgehead atoms. The summed E-state index contributed by atoms with van der Waals surface area (Å²) in [5.74, 6) is -1.06. The van der Waals surface area contributed by atoms with E-state index in [4.69, 9.17) is 0 Å². The summed E-state index contributed by atoms with van der Waals surface area (Å²) in [7, 11) is 3.18. The van der Waals surface area contributed by atoms with Crippen LogP contribution in [0.1, 0.15) is 23.6 Å². The SMILES string of the molecule is CN(C)C(=O)N1N=C(c2cc(F)ccc2F)CC1c1ccc(O)cc1. The fraction of sp³-hybridized carbons (Fsp3) is 0.222. The average Bonchev–Trinajstić information content (AvgIpc) is 3.01. The number of carbonyl (C=O) groups is 1. The second kappa shape index (κ2) is 6.51. The van der Waals surface area contributed by atoms with Crippen LogP contribution >= 0.6 is 0 Å². The number of phenols is 1. The van der Waals surface area contributed by atoms with Crippen molar-refractivity contribution >= 4 is 11.7 Å². The molecule has 3 rings (SSSR count). The summed E-state index contributed by atoms with van der Waals surface area (Å²) in [6, 6.07) is 8.69. The van der Waals surface area contributed by atoms with Crippen LogP contribution in [0.2, 0.25) is 0 Å². The van der Waals surface area contributed by atoms with Crippen molar-refractivity contribution in [3.05, 3.63) is 65.2 Å². The lowest BCUT2D eigenvalue weighted by molar-refractivity contribution is 0.159. The molecule has 1 unspecified atom stereocenters. The van der Waals surface area contributed by atoms with Crippen molar-refractivity contribution in [1.82, 2.24) is 9.91 Å². The van der Waals surface area contributed by atoms with E-state index in [-0.39, 0.29) is 23.8 Å². The number of aromatic hydroxyl groups is 1.